The molecule has 0 radical (unpaired) electrons. The summed E-state index contributed by atoms with van der Waals surface area (Å²) in [5, 5.41) is 18.8. The SMILES string of the molecule is O=C(O)CCCCC[n+]1cc[nH]c1-c1c2cc(F)c(=O)cc-2oc2cc(O)c(F)cc12. The third-order valence-electron chi connectivity index (χ3n) is 5.13. The molecule has 2 aromatic rings. The number of aromatic amines is 1. The Bertz CT molecular complexity index is 1310. The van der Waals surface area contributed by atoms with Crippen molar-refractivity contribution in [1.82, 2.24) is 4.98 Å². The number of phenols is 1. The molecule has 0 bridgehead atoms. The van der Waals surface area contributed by atoms with Crippen molar-refractivity contribution < 1.29 is 32.8 Å². The van der Waals surface area contributed by atoms with E-state index in [0.29, 0.717) is 42.6 Å². The number of hydrogen-bond donors (Lipinski definition) is 3. The largest absolute Gasteiger partial charge is 0.505 e. The number of aliphatic carboxylic acids is 1. The molecule has 3 N–H and O–H groups in total. The van der Waals surface area contributed by atoms with Gasteiger partial charge in [0, 0.05) is 29.5 Å². The molecule has 9 heteroatoms. The number of rotatable bonds is 7. The fourth-order valence-electron chi connectivity index (χ4n) is 3.66. The first-order valence-corrected chi connectivity index (χ1v) is 9.72. The zero-order chi connectivity index (χ0) is 22.1. The maximum Gasteiger partial charge on any atom is 0.303 e. The number of aromatic hydroxyl groups is 1. The Morgan fingerprint density at radius 2 is 1.90 bits per heavy atom. The average molecular weight is 429 g/mol. The molecule has 0 atom stereocenters. The van der Waals surface area contributed by atoms with Crippen LogP contribution in [0.5, 0.6) is 5.75 Å². The second-order valence-corrected chi connectivity index (χ2v) is 7.26. The van der Waals surface area contributed by atoms with Crippen molar-refractivity contribution in [2.24, 2.45) is 0 Å². The van der Waals surface area contributed by atoms with Crippen LogP contribution in [0, 0.1) is 11.6 Å². The Labute approximate surface area is 174 Å². The highest BCUT2D eigenvalue weighted by Gasteiger charge is 2.26. The number of hydrogen-bond acceptors (Lipinski definition) is 4. The van der Waals surface area contributed by atoms with Gasteiger partial charge in [-0.1, -0.05) is 0 Å². The van der Waals surface area contributed by atoms with E-state index in [1.54, 1.807) is 12.4 Å². The molecule has 4 rings (SSSR count). The number of benzene rings is 2. The fraction of sp³-hybridized carbons (Fsp3) is 0.227. The molecule has 0 amide bonds. The first-order chi connectivity index (χ1) is 14.8. The number of fused-ring (bicyclic) bond motifs is 2. The van der Waals surface area contributed by atoms with Crippen molar-refractivity contribution in [1.29, 1.82) is 0 Å². The lowest BCUT2D eigenvalue weighted by Crippen LogP contribution is -2.34. The number of carboxylic acid groups (broad SMARTS) is 1. The van der Waals surface area contributed by atoms with Gasteiger partial charge < -0.3 is 14.6 Å². The average Bonchev–Trinajstić information content (AvgIpc) is 3.16. The van der Waals surface area contributed by atoms with E-state index in [0.717, 1.165) is 24.3 Å². The third kappa shape index (κ3) is 3.98. The Morgan fingerprint density at radius 3 is 2.68 bits per heavy atom. The molecule has 2 heterocycles. The van der Waals surface area contributed by atoms with Crippen molar-refractivity contribution in [3.63, 3.8) is 0 Å². The highest BCUT2D eigenvalue weighted by Crippen LogP contribution is 2.40. The standard InChI is InChI=1S/C22H18F2N2O5/c23-14-8-12-18(10-16(14)27)31-19-11-17(28)15(24)9-13(19)21(12)22-25-5-7-26(22)6-3-1-2-4-20(29)30/h5,7-11H,1-4,6H2,(H2,27,28,29,30)/p+1. The highest BCUT2D eigenvalue weighted by molar-refractivity contribution is 6.00. The second-order valence-electron chi connectivity index (χ2n) is 7.26. The maximum atomic E-state index is 14.2. The quantitative estimate of drug-likeness (QED) is 0.235. The van der Waals surface area contributed by atoms with Crippen LogP contribution in [0.15, 0.2) is 45.9 Å². The van der Waals surface area contributed by atoms with Crippen LogP contribution in [0.3, 0.4) is 0 Å². The Hall–Kier alpha value is -3.75. The van der Waals surface area contributed by atoms with Gasteiger partial charge in [0.15, 0.2) is 17.4 Å². The van der Waals surface area contributed by atoms with Crippen LogP contribution in [0.25, 0.3) is 33.7 Å². The summed E-state index contributed by atoms with van der Waals surface area (Å²) in [4.78, 5) is 25.5. The molecule has 2 aliphatic rings. The van der Waals surface area contributed by atoms with Crippen molar-refractivity contribution in [2.45, 2.75) is 32.2 Å². The summed E-state index contributed by atoms with van der Waals surface area (Å²) in [6.07, 6.45) is 5.48. The van der Waals surface area contributed by atoms with Gasteiger partial charge in [-0.15, -0.1) is 0 Å². The summed E-state index contributed by atoms with van der Waals surface area (Å²) in [7, 11) is 0. The molecular weight excluding hydrogens is 410 g/mol. The molecular formula is C22H19F2N2O5+. The van der Waals surface area contributed by atoms with Gasteiger partial charge >= 0.3 is 5.97 Å². The zero-order valence-corrected chi connectivity index (χ0v) is 16.3. The van der Waals surface area contributed by atoms with Crippen LogP contribution in [0.4, 0.5) is 8.78 Å². The van der Waals surface area contributed by atoms with E-state index in [1.807, 2.05) is 4.57 Å². The number of aryl methyl sites for hydroxylation is 1. The summed E-state index contributed by atoms with van der Waals surface area (Å²) >= 11 is 0. The number of carbonyl (C=O) groups is 1. The smallest absolute Gasteiger partial charge is 0.303 e. The summed E-state index contributed by atoms with van der Waals surface area (Å²) in [5.74, 6) is -2.64. The van der Waals surface area contributed by atoms with Gasteiger partial charge in [0.25, 0.3) is 5.82 Å². The van der Waals surface area contributed by atoms with Crippen molar-refractivity contribution in [3.8, 4) is 28.5 Å². The van der Waals surface area contributed by atoms with Crippen LogP contribution in [-0.2, 0) is 11.3 Å². The minimum Gasteiger partial charge on any atom is -0.505 e. The number of imidazole rings is 1. The van der Waals surface area contributed by atoms with E-state index >= 15 is 0 Å². The van der Waals surface area contributed by atoms with E-state index in [9.17, 15) is 23.5 Å². The van der Waals surface area contributed by atoms with Gasteiger partial charge in [-0.25, -0.2) is 18.3 Å². The molecule has 1 aliphatic heterocycles. The van der Waals surface area contributed by atoms with Gasteiger partial charge in [-0.05, 0) is 31.4 Å². The summed E-state index contributed by atoms with van der Waals surface area (Å²) in [5.41, 5.74) is -0.0120. The molecule has 0 fully saturated rings. The minimum atomic E-state index is -0.964. The number of halogens is 2. The summed E-state index contributed by atoms with van der Waals surface area (Å²) in [6, 6.07) is 4.29. The second kappa shape index (κ2) is 8.17. The molecule has 0 spiro atoms. The van der Waals surface area contributed by atoms with Gasteiger partial charge in [0.2, 0.25) is 5.43 Å². The van der Waals surface area contributed by atoms with Crippen molar-refractivity contribution >= 4 is 16.9 Å². The predicted molar refractivity (Wildman–Crippen MR) is 107 cm³/mol. The van der Waals surface area contributed by atoms with E-state index in [-0.39, 0.29) is 23.3 Å². The van der Waals surface area contributed by atoms with E-state index in [4.69, 9.17) is 9.52 Å². The highest BCUT2D eigenvalue weighted by atomic mass is 19.1. The first-order valence-electron chi connectivity index (χ1n) is 9.72. The minimum absolute atomic E-state index is 0.0969. The number of nitrogens with zero attached hydrogens (tertiary/aromatic N) is 1. The van der Waals surface area contributed by atoms with Crippen molar-refractivity contribution in [2.75, 3.05) is 0 Å². The maximum absolute atomic E-state index is 14.2. The van der Waals surface area contributed by atoms with Crippen LogP contribution in [0.1, 0.15) is 25.7 Å². The van der Waals surface area contributed by atoms with E-state index in [2.05, 4.69) is 4.98 Å². The lowest BCUT2D eigenvalue weighted by atomic mass is 9.98. The molecule has 160 valence electrons. The van der Waals surface area contributed by atoms with Crippen molar-refractivity contribution in [3.05, 3.63) is 58.5 Å². The topological polar surface area (TPSA) is 107 Å². The molecule has 31 heavy (non-hydrogen) atoms. The van der Waals surface area contributed by atoms with Crippen LogP contribution < -0.4 is 10.00 Å². The Kier molecular flexibility index (Phi) is 5.41. The number of unbranched alkanes of at least 4 members (excludes halogenated alkanes) is 2. The van der Waals surface area contributed by atoms with Crippen LogP contribution >= 0.6 is 0 Å². The van der Waals surface area contributed by atoms with Gasteiger partial charge in [-0.3, -0.25) is 9.59 Å². The lowest BCUT2D eigenvalue weighted by Gasteiger charge is -2.13. The summed E-state index contributed by atoms with van der Waals surface area (Å²) in [6.45, 7) is 0.538. The number of phenolic OH excluding ortho intramolecular Hbond substituents is 1. The molecule has 0 saturated heterocycles. The third-order valence-corrected chi connectivity index (χ3v) is 5.13. The molecule has 7 nitrogen and oxygen atoms in total. The molecule has 1 aromatic heterocycles. The Morgan fingerprint density at radius 1 is 1.10 bits per heavy atom. The van der Waals surface area contributed by atoms with Gasteiger partial charge in [0.05, 0.1) is 12.1 Å². The zero-order valence-electron chi connectivity index (χ0n) is 16.3. The fourth-order valence-corrected chi connectivity index (χ4v) is 3.66. The van der Waals surface area contributed by atoms with Gasteiger partial charge in [-0.2, -0.15) is 0 Å². The summed E-state index contributed by atoms with van der Waals surface area (Å²) < 4.78 is 35.8. The predicted octanol–water partition coefficient (Wildman–Crippen LogP) is 3.81. The number of aromatic nitrogens is 2. The molecule has 1 aromatic carbocycles. The lowest BCUT2D eigenvalue weighted by molar-refractivity contribution is -0.685. The number of carboxylic acids is 1. The van der Waals surface area contributed by atoms with Gasteiger partial charge in [0.1, 0.15) is 23.7 Å². The normalized spacial score (nSPS) is 11.4. The Balaban J connectivity index is 1.84. The molecule has 0 saturated carbocycles. The monoisotopic (exact) mass is 429 g/mol. The van der Waals surface area contributed by atoms with Crippen LogP contribution in [-0.4, -0.2) is 21.2 Å². The molecule has 0 unspecified atom stereocenters. The van der Waals surface area contributed by atoms with Crippen LogP contribution in [0.2, 0.25) is 0 Å². The van der Waals surface area contributed by atoms with E-state index in [1.165, 1.54) is 0 Å². The van der Waals surface area contributed by atoms with E-state index < -0.39 is 28.8 Å². The first kappa shape index (κ1) is 20.5. The molecule has 1 aliphatic carbocycles. The number of nitrogens with one attached hydrogen (secondary N) is 1. The number of H-pyrrole nitrogens is 1.